The minimum atomic E-state index is -1.07. The van der Waals surface area contributed by atoms with Gasteiger partial charge in [0.1, 0.15) is 11.6 Å². The van der Waals surface area contributed by atoms with Gasteiger partial charge >= 0.3 is 5.97 Å². The number of nitrogens with one attached hydrogen (secondary N) is 1. The van der Waals surface area contributed by atoms with Gasteiger partial charge < -0.3 is 14.8 Å². The van der Waals surface area contributed by atoms with Gasteiger partial charge in [0.05, 0.1) is 22.8 Å². The molecule has 0 fully saturated rings. The van der Waals surface area contributed by atoms with E-state index in [4.69, 9.17) is 21.1 Å². The summed E-state index contributed by atoms with van der Waals surface area (Å²) in [6, 6.07) is 1.34. The number of carboxylic acid groups (broad SMARTS) is 1. The summed E-state index contributed by atoms with van der Waals surface area (Å²) >= 11 is 5.94. The first-order valence-electron chi connectivity index (χ1n) is 5.53. The topological polar surface area (TPSA) is 88.2 Å². The van der Waals surface area contributed by atoms with Crippen molar-refractivity contribution in [3.63, 3.8) is 0 Å². The van der Waals surface area contributed by atoms with Crippen molar-refractivity contribution in [3.8, 4) is 0 Å². The molecule has 2 rings (SSSR count). The fraction of sp³-hybridized carbons (Fsp3) is 0.250. The molecule has 100 valence electrons. The Morgan fingerprint density at radius 3 is 2.79 bits per heavy atom. The molecule has 0 spiro atoms. The summed E-state index contributed by atoms with van der Waals surface area (Å²) in [7, 11) is 0. The Morgan fingerprint density at radius 2 is 2.26 bits per heavy atom. The van der Waals surface area contributed by atoms with Gasteiger partial charge in [-0.05, 0) is 19.9 Å². The zero-order chi connectivity index (χ0) is 14.0. The Labute approximate surface area is 114 Å². The fourth-order valence-corrected chi connectivity index (χ4v) is 1.69. The third-order valence-electron chi connectivity index (χ3n) is 2.57. The molecule has 0 saturated heterocycles. The number of pyridine rings is 1. The Balaban J connectivity index is 2.09. The standard InChI is InChI=1S/C12H12ClN3O3/c1-6-7(2)19-10(16-6)5-15-11-9(13)3-8(4-14-11)12(17)18/h3-4H,5H2,1-2H3,(H,14,15)(H,17,18). The van der Waals surface area contributed by atoms with Crippen LogP contribution in [0.25, 0.3) is 0 Å². The number of carbonyl (C=O) groups is 1. The predicted molar refractivity (Wildman–Crippen MR) is 69.5 cm³/mol. The Kier molecular flexibility index (Phi) is 3.71. The molecule has 0 unspecified atom stereocenters. The maximum Gasteiger partial charge on any atom is 0.337 e. The number of halogens is 1. The number of anilines is 1. The molecule has 2 heterocycles. The van der Waals surface area contributed by atoms with Crippen LogP contribution in [-0.4, -0.2) is 21.0 Å². The van der Waals surface area contributed by atoms with Crippen molar-refractivity contribution in [2.24, 2.45) is 0 Å². The Bertz CT molecular complexity index is 605. The SMILES string of the molecule is Cc1nc(CNc2ncc(C(=O)O)cc2Cl)oc1C. The highest BCUT2D eigenvalue weighted by Gasteiger charge is 2.10. The van der Waals surface area contributed by atoms with Gasteiger partial charge in [0, 0.05) is 6.20 Å². The van der Waals surface area contributed by atoms with Crippen molar-refractivity contribution in [2.75, 3.05) is 5.32 Å². The zero-order valence-electron chi connectivity index (χ0n) is 10.4. The maximum absolute atomic E-state index is 10.7. The highest BCUT2D eigenvalue weighted by atomic mass is 35.5. The molecule has 7 heteroatoms. The third kappa shape index (κ3) is 3.03. The fourth-order valence-electron chi connectivity index (χ4n) is 1.46. The summed E-state index contributed by atoms with van der Waals surface area (Å²) in [5.74, 6) is 0.604. The third-order valence-corrected chi connectivity index (χ3v) is 2.86. The molecule has 2 aromatic rings. The van der Waals surface area contributed by atoms with Crippen LogP contribution in [0.1, 0.15) is 27.7 Å². The predicted octanol–water partition coefficient (Wildman–Crippen LogP) is 2.65. The van der Waals surface area contributed by atoms with E-state index >= 15 is 0 Å². The van der Waals surface area contributed by atoms with Crippen molar-refractivity contribution in [2.45, 2.75) is 20.4 Å². The second-order valence-electron chi connectivity index (χ2n) is 3.96. The average molecular weight is 282 g/mol. The largest absolute Gasteiger partial charge is 0.478 e. The lowest BCUT2D eigenvalue weighted by Crippen LogP contribution is -2.04. The van der Waals surface area contributed by atoms with Gasteiger partial charge in [-0.1, -0.05) is 11.6 Å². The summed E-state index contributed by atoms with van der Waals surface area (Å²) in [6.45, 7) is 4.02. The molecule has 0 aliphatic rings. The van der Waals surface area contributed by atoms with E-state index in [2.05, 4.69) is 15.3 Å². The maximum atomic E-state index is 10.7. The van der Waals surface area contributed by atoms with Gasteiger partial charge in [0.2, 0.25) is 5.89 Å². The Morgan fingerprint density at radius 1 is 1.53 bits per heavy atom. The second-order valence-corrected chi connectivity index (χ2v) is 4.37. The zero-order valence-corrected chi connectivity index (χ0v) is 11.2. The lowest BCUT2D eigenvalue weighted by Gasteiger charge is -2.05. The molecular weight excluding hydrogens is 270 g/mol. The van der Waals surface area contributed by atoms with Crippen LogP contribution < -0.4 is 5.32 Å². The minimum Gasteiger partial charge on any atom is -0.478 e. The summed E-state index contributed by atoms with van der Waals surface area (Å²) in [6.07, 6.45) is 1.24. The first-order valence-corrected chi connectivity index (χ1v) is 5.91. The van der Waals surface area contributed by atoms with E-state index in [0.29, 0.717) is 18.3 Å². The lowest BCUT2D eigenvalue weighted by molar-refractivity contribution is 0.0696. The normalized spacial score (nSPS) is 10.5. The van der Waals surface area contributed by atoms with Gasteiger partial charge in [0.25, 0.3) is 0 Å². The molecule has 0 amide bonds. The molecule has 0 radical (unpaired) electrons. The molecule has 19 heavy (non-hydrogen) atoms. The van der Waals surface area contributed by atoms with Crippen LogP contribution in [0.3, 0.4) is 0 Å². The number of aromatic nitrogens is 2. The molecule has 0 aromatic carbocycles. The number of aromatic carboxylic acids is 1. The summed E-state index contributed by atoms with van der Waals surface area (Å²) in [5, 5.41) is 12.0. The molecule has 0 aliphatic carbocycles. The summed E-state index contributed by atoms with van der Waals surface area (Å²) < 4.78 is 5.40. The number of carboxylic acids is 1. The van der Waals surface area contributed by atoms with Crippen molar-refractivity contribution >= 4 is 23.4 Å². The molecule has 0 bridgehead atoms. The van der Waals surface area contributed by atoms with Crippen molar-refractivity contribution in [3.05, 3.63) is 40.2 Å². The number of hydrogen-bond donors (Lipinski definition) is 2. The number of oxazole rings is 1. The molecule has 0 atom stereocenters. The molecular formula is C12H12ClN3O3. The molecule has 6 nitrogen and oxygen atoms in total. The summed E-state index contributed by atoms with van der Waals surface area (Å²) in [4.78, 5) is 18.9. The molecule has 2 N–H and O–H groups in total. The monoisotopic (exact) mass is 281 g/mol. The number of nitrogens with zero attached hydrogens (tertiary/aromatic N) is 2. The van der Waals surface area contributed by atoms with Crippen LogP contribution in [-0.2, 0) is 6.54 Å². The van der Waals surface area contributed by atoms with Crippen LogP contribution in [0.4, 0.5) is 5.82 Å². The number of aryl methyl sites for hydroxylation is 2. The minimum absolute atomic E-state index is 0.0402. The number of rotatable bonds is 4. The van der Waals surface area contributed by atoms with Gasteiger partial charge in [-0.2, -0.15) is 0 Å². The van der Waals surface area contributed by atoms with Crippen LogP contribution in [0.15, 0.2) is 16.7 Å². The van der Waals surface area contributed by atoms with Crippen molar-refractivity contribution < 1.29 is 14.3 Å². The molecule has 0 aliphatic heterocycles. The first kappa shape index (κ1) is 13.4. The van der Waals surface area contributed by atoms with E-state index in [1.165, 1.54) is 12.3 Å². The van der Waals surface area contributed by atoms with Gasteiger partial charge in [-0.15, -0.1) is 0 Å². The van der Waals surface area contributed by atoms with Crippen molar-refractivity contribution in [1.29, 1.82) is 0 Å². The average Bonchev–Trinajstić information content (AvgIpc) is 2.67. The van der Waals surface area contributed by atoms with Crippen LogP contribution in [0.2, 0.25) is 5.02 Å². The summed E-state index contributed by atoms with van der Waals surface area (Å²) in [5.41, 5.74) is 0.871. The highest BCUT2D eigenvalue weighted by molar-refractivity contribution is 6.33. The van der Waals surface area contributed by atoms with E-state index in [-0.39, 0.29) is 10.6 Å². The number of hydrogen-bond acceptors (Lipinski definition) is 5. The van der Waals surface area contributed by atoms with Crippen LogP contribution >= 0.6 is 11.6 Å². The molecule has 2 aromatic heterocycles. The molecule has 0 saturated carbocycles. The lowest BCUT2D eigenvalue weighted by atomic mass is 10.3. The van der Waals surface area contributed by atoms with Gasteiger partial charge in [-0.3, -0.25) is 0 Å². The van der Waals surface area contributed by atoms with Crippen LogP contribution in [0.5, 0.6) is 0 Å². The van der Waals surface area contributed by atoms with E-state index in [9.17, 15) is 4.79 Å². The van der Waals surface area contributed by atoms with E-state index in [1.54, 1.807) is 0 Å². The first-order chi connectivity index (χ1) is 8.97. The van der Waals surface area contributed by atoms with Gasteiger partial charge in [-0.25, -0.2) is 14.8 Å². The Hall–Kier alpha value is -2.08. The quantitative estimate of drug-likeness (QED) is 0.896. The second kappa shape index (κ2) is 5.27. The van der Waals surface area contributed by atoms with Gasteiger partial charge in [0.15, 0.2) is 0 Å². The van der Waals surface area contributed by atoms with E-state index in [1.807, 2.05) is 13.8 Å². The van der Waals surface area contributed by atoms with Crippen molar-refractivity contribution in [1.82, 2.24) is 9.97 Å². The van der Waals surface area contributed by atoms with Crippen LogP contribution in [0, 0.1) is 13.8 Å². The van der Waals surface area contributed by atoms with E-state index < -0.39 is 5.97 Å². The smallest absolute Gasteiger partial charge is 0.337 e. The highest BCUT2D eigenvalue weighted by Crippen LogP contribution is 2.21. The van der Waals surface area contributed by atoms with E-state index in [0.717, 1.165) is 11.5 Å².